The van der Waals surface area contributed by atoms with Crippen molar-refractivity contribution < 1.29 is 14.3 Å². The third-order valence-electron chi connectivity index (χ3n) is 5.74. The molecule has 0 aromatic heterocycles. The first-order valence-corrected chi connectivity index (χ1v) is 5.72. The number of rotatable bonds is 0. The number of hydrogen-bond acceptors (Lipinski definition) is 3. The summed E-state index contributed by atoms with van der Waals surface area (Å²) in [5.74, 6) is -0.838. The van der Waals surface area contributed by atoms with Gasteiger partial charge in [-0.25, -0.2) is 0 Å². The predicted molar refractivity (Wildman–Crippen MR) is 57.2 cm³/mol. The van der Waals surface area contributed by atoms with E-state index < -0.39 is 5.41 Å². The lowest BCUT2D eigenvalue weighted by atomic mass is 9.59. The van der Waals surface area contributed by atoms with Gasteiger partial charge in [0.15, 0.2) is 0 Å². The summed E-state index contributed by atoms with van der Waals surface area (Å²) in [6, 6.07) is 0. The summed E-state index contributed by atoms with van der Waals surface area (Å²) >= 11 is 0. The Labute approximate surface area is 94.8 Å². The fourth-order valence-corrected chi connectivity index (χ4v) is 4.13. The lowest BCUT2D eigenvalue weighted by molar-refractivity contribution is -0.159. The Morgan fingerprint density at radius 2 is 1.81 bits per heavy atom. The average Bonchev–Trinajstić information content (AvgIpc) is 2.58. The molecular weight excluding hydrogens is 204 g/mol. The fourth-order valence-electron chi connectivity index (χ4n) is 4.13. The Bertz CT molecular complexity index is 448. The van der Waals surface area contributed by atoms with E-state index in [9.17, 15) is 9.59 Å². The minimum Gasteiger partial charge on any atom is -0.392 e. The molecule has 1 saturated heterocycles. The van der Waals surface area contributed by atoms with Crippen LogP contribution < -0.4 is 0 Å². The van der Waals surface area contributed by atoms with Crippen molar-refractivity contribution in [1.29, 1.82) is 0 Å². The van der Waals surface area contributed by atoms with Crippen LogP contribution in [0.3, 0.4) is 0 Å². The molecule has 3 aliphatic rings. The highest BCUT2D eigenvalue weighted by atomic mass is 16.6. The van der Waals surface area contributed by atoms with Crippen molar-refractivity contribution in [2.45, 2.75) is 27.7 Å². The highest BCUT2D eigenvalue weighted by Crippen LogP contribution is 2.74. The molecule has 2 aliphatic carbocycles. The highest BCUT2D eigenvalue weighted by molar-refractivity contribution is 6.01. The molecule has 4 atom stereocenters. The van der Waals surface area contributed by atoms with E-state index >= 15 is 0 Å². The molecule has 0 aromatic carbocycles. The molecule has 86 valence electrons. The predicted octanol–water partition coefficient (Wildman–Crippen LogP) is 1.92. The van der Waals surface area contributed by atoms with Crippen molar-refractivity contribution in [2.75, 3.05) is 0 Å². The van der Waals surface area contributed by atoms with E-state index in [4.69, 9.17) is 4.74 Å². The summed E-state index contributed by atoms with van der Waals surface area (Å²) in [4.78, 5) is 23.8. The summed E-state index contributed by atoms with van der Waals surface area (Å²) in [5.41, 5.74) is -1.01. The maximum Gasteiger partial charge on any atom is 0.321 e. The molecule has 2 fully saturated rings. The molecule has 0 N–H and O–H groups in total. The van der Waals surface area contributed by atoms with Crippen molar-refractivity contribution in [1.82, 2.24) is 0 Å². The minimum absolute atomic E-state index is 0.0541. The van der Waals surface area contributed by atoms with E-state index in [1.54, 1.807) is 0 Å². The second-order valence-electron chi connectivity index (χ2n) is 6.20. The van der Waals surface area contributed by atoms with Crippen molar-refractivity contribution >= 4 is 11.9 Å². The lowest BCUT2D eigenvalue weighted by Crippen LogP contribution is -2.44. The molecule has 2 bridgehead atoms. The normalized spacial score (nSPS) is 52.0. The first kappa shape index (κ1) is 10.1. The second-order valence-corrected chi connectivity index (χ2v) is 6.20. The van der Waals surface area contributed by atoms with Gasteiger partial charge >= 0.3 is 11.9 Å². The van der Waals surface area contributed by atoms with Crippen LogP contribution in [-0.2, 0) is 14.3 Å². The Morgan fingerprint density at radius 1 is 1.19 bits per heavy atom. The minimum atomic E-state index is -0.674. The van der Waals surface area contributed by atoms with Crippen LogP contribution >= 0.6 is 0 Å². The number of hydrogen-bond donors (Lipinski definition) is 0. The quantitative estimate of drug-likeness (QED) is 0.356. The van der Waals surface area contributed by atoms with E-state index in [-0.39, 0.29) is 34.6 Å². The summed E-state index contributed by atoms with van der Waals surface area (Å²) < 4.78 is 4.85. The first-order valence-electron chi connectivity index (χ1n) is 5.72. The van der Waals surface area contributed by atoms with Gasteiger partial charge < -0.3 is 4.74 Å². The number of cyclic esters (lactones) is 2. The van der Waals surface area contributed by atoms with Gasteiger partial charge in [-0.1, -0.05) is 32.9 Å². The molecule has 3 nitrogen and oxygen atoms in total. The van der Waals surface area contributed by atoms with Gasteiger partial charge in [-0.05, 0) is 18.3 Å². The molecule has 0 radical (unpaired) electrons. The van der Waals surface area contributed by atoms with Crippen LogP contribution in [0.2, 0.25) is 0 Å². The number of carbonyl (C=O) groups excluding carboxylic acids is 2. The number of carbonyl (C=O) groups is 2. The standard InChI is InChI=1S/C13H16O3/c1-11(2)7-5-6-12(11,3)13(4)8(7)9(14)16-10(13)15/h5-8H,1-4H3. The second kappa shape index (κ2) is 2.27. The maximum atomic E-state index is 12.0. The molecule has 0 spiro atoms. The van der Waals surface area contributed by atoms with Gasteiger partial charge in [0.05, 0.1) is 11.3 Å². The van der Waals surface area contributed by atoms with Gasteiger partial charge in [0.1, 0.15) is 0 Å². The zero-order valence-electron chi connectivity index (χ0n) is 10.0. The summed E-state index contributed by atoms with van der Waals surface area (Å²) in [6.07, 6.45) is 4.19. The van der Waals surface area contributed by atoms with Crippen LogP contribution in [0.4, 0.5) is 0 Å². The lowest BCUT2D eigenvalue weighted by Gasteiger charge is -2.41. The third-order valence-corrected chi connectivity index (χ3v) is 5.74. The molecule has 0 aromatic rings. The number of esters is 2. The van der Waals surface area contributed by atoms with Crippen LogP contribution in [0.5, 0.6) is 0 Å². The Balaban J connectivity index is 2.29. The van der Waals surface area contributed by atoms with Crippen LogP contribution in [-0.4, -0.2) is 11.9 Å². The van der Waals surface area contributed by atoms with Crippen molar-refractivity contribution in [2.24, 2.45) is 28.1 Å². The summed E-state index contributed by atoms with van der Waals surface area (Å²) in [7, 11) is 0. The molecule has 1 saturated carbocycles. The van der Waals surface area contributed by atoms with Crippen molar-refractivity contribution in [3.8, 4) is 0 Å². The molecule has 3 heteroatoms. The van der Waals surface area contributed by atoms with Crippen LogP contribution in [0.15, 0.2) is 12.2 Å². The smallest absolute Gasteiger partial charge is 0.321 e. The fraction of sp³-hybridized carbons (Fsp3) is 0.692. The highest BCUT2D eigenvalue weighted by Gasteiger charge is 2.78. The number of fused-ring (bicyclic) bond motifs is 5. The van der Waals surface area contributed by atoms with E-state index in [1.165, 1.54) is 0 Å². The molecule has 1 heterocycles. The number of ether oxygens (including phenoxy) is 1. The SMILES string of the molecule is CC1(C)C2C=CC1(C)C1(C)C(=O)OC(=O)C21. The Morgan fingerprint density at radius 3 is 2.38 bits per heavy atom. The molecule has 16 heavy (non-hydrogen) atoms. The van der Waals surface area contributed by atoms with E-state index in [2.05, 4.69) is 32.9 Å². The molecule has 3 rings (SSSR count). The molecule has 4 unspecified atom stereocenters. The van der Waals surface area contributed by atoms with E-state index in [0.717, 1.165) is 0 Å². The zero-order valence-corrected chi connectivity index (χ0v) is 10.0. The Hall–Kier alpha value is -1.12. The first-order chi connectivity index (χ1) is 7.27. The summed E-state index contributed by atoms with van der Waals surface area (Å²) in [5, 5.41) is 0. The Kier molecular flexibility index (Phi) is 1.42. The van der Waals surface area contributed by atoms with Gasteiger partial charge in [-0.15, -0.1) is 0 Å². The van der Waals surface area contributed by atoms with Crippen LogP contribution in [0, 0.1) is 28.1 Å². The number of allylic oxidation sites excluding steroid dienone is 2. The molecule has 1 aliphatic heterocycles. The molecular formula is C13H16O3. The van der Waals surface area contributed by atoms with Crippen molar-refractivity contribution in [3.05, 3.63) is 12.2 Å². The van der Waals surface area contributed by atoms with Gasteiger partial charge in [0.25, 0.3) is 0 Å². The largest absolute Gasteiger partial charge is 0.392 e. The van der Waals surface area contributed by atoms with Gasteiger partial charge in [-0.3, -0.25) is 9.59 Å². The summed E-state index contributed by atoms with van der Waals surface area (Å²) in [6.45, 7) is 8.24. The van der Waals surface area contributed by atoms with Gasteiger partial charge in [0, 0.05) is 5.41 Å². The van der Waals surface area contributed by atoms with Crippen LogP contribution in [0.25, 0.3) is 0 Å². The monoisotopic (exact) mass is 220 g/mol. The van der Waals surface area contributed by atoms with Crippen molar-refractivity contribution in [3.63, 3.8) is 0 Å². The van der Waals surface area contributed by atoms with Gasteiger partial charge in [0.2, 0.25) is 0 Å². The average molecular weight is 220 g/mol. The maximum absolute atomic E-state index is 12.0. The van der Waals surface area contributed by atoms with Gasteiger partial charge in [-0.2, -0.15) is 0 Å². The van der Waals surface area contributed by atoms with E-state index in [0.29, 0.717) is 0 Å². The topological polar surface area (TPSA) is 43.4 Å². The zero-order chi connectivity index (χ0) is 11.9. The molecule has 0 amide bonds. The van der Waals surface area contributed by atoms with E-state index in [1.807, 2.05) is 6.92 Å². The van der Waals surface area contributed by atoms with Crippen LogP contribution in [0.1, 0.15) is 27.7 Å². The third kappa shape index (κ3) is 0.650.